The molecule has 0 aromatic carbocycles. The summed E-state index contributed by atoms with van der Waals surface area (Å²) in [6, 6.07) is 0. The largest absolute Gasteiger partial charge is 0.411 e. The molecular formula is C9H14F3N3OS. The van der Waals surface area contributed by atoms with E-state index in [0.29, 0.717) is 4.77 Å². The van der Waals surface area contributed by atoms with Crippen molar-refractivity contribution in [3.8, 4) is 0 Å². The van der Waals surface area contributed by atoms with E-state index in [0.717, 1.165) is 18.7 Å². The van der Waals surface area contributed by atoms with Gasteiger partial charge in [-0.3, -0.25) is 5.10 Å². The molecule has 1 N–H and O–H groups in total. The number of halogens is 3. The minimum atomic E-state index is -4.29. The minimum Gasteiger partial charge on any atom is -0.370 e. The first kappa shape index (κ1) is 14.2. The number of aryl methyl sites for hydroxylation is 1. The lowest BCUT2D eigenvalue weighted by Gasteiger charge is -2.09. The predicted octanol–water partition coefficient (Wildman–Crippen LogP) is 2.47. The van der Waals surface area contributed by atoms with E-state index in [1.165, 1.54) is 0 Å². The number of alkyl halides is 3. The molecule has 0 bridgehead atoms. The van der Waals surface area contributed by atoms with Crippen molar-refractivity contribution in [1.82, 2.24) is 14.8 Å². The van der Waals surface area contributed by atoms with Gasteiger partial charge in [0.05, 0.1) is 13.2 Å². The van der Waals surface area contributed by atoms with Crippen molar-refractivity contribution in [3.63, 3.8) is 0 Å². The van der Waals surface area contributed by atoms with Crippen LogP contribution in [0, 0.1) is 4.77 Å². The number of hydrogen-bond acceptors (Lipinski definition) is 3. The molecule has 0 saturated carbocycles. The van der Waals surface area contributed by atoms with Crippen LogP contribution in [0.3, 0.4) is 0 Å². The Morgan fingerprint density at radius 3 is 2.76 bits per heavy atom. The third kappa shape index (κ3) is 4.86. The second-order valence-electron chi connectivity index (χ2n) is 3.51. The lowest BCUT2D eigenvalue weighted by atomic mass is 10.3. The second kappa shape index (κ2) is 6.15. The third-order valence-electron chi connectivity index (χ3n) is 2.04. The summed E-state index contributed by atoms with van der Waals surface area (Å²) >= 11 is 4.98. The summed E-state index contributed by atoms with van der Waals surface area (Å²) in [4.78, 5) is 0. The molecule has 0 aliphatic carbocycles. The Kier molecular flexibility index (Phi) is 5.13. The van der Waals surface area contributed by atoms with Crippen LogP contribution in [0.1, 0.15) is 19.2 Å². The maximum Gasteiger partial charge on any atom is 0.411 e. The summed E-state index contributed by atoms with van der Waals surface area (Å²) < 4.78 is 42.1. The molecule has 4 nitrogen and oxygen atoms in total. The SMILES string of the molecule is CCCc1n[nH]c(=S)n1CCOCC(F)(F)F. The van der Waals surface area contributed by atoms with Gasteiger partial charge in [0.1, 0.15) is 12.4 Å². The Morgan fingerprint density at radius 2 is 2.18 bits per heavy atom. The Labute approximate surface area is 102 Å². The van der Waals surface area contributed by atoms with Gasteiger partial charge in [0.15, 0.2) is 4.77 Å². The molecular weight excluding hydrogens is 255 g/mol. The number of ether oxygens (including phenoxy) is 1. The molecule has 1 aromatic heterocycles. The number of aromatic amines is 1. The molecule has 0 aliphatic heterocycles. The molecule has 1 aromatic rings. The van der Waals surface area contributed by atoms with Crippen LogP contribution in [0.15, 0.2) is 0 Å². The van der Waals surface area contributed by atoms with Crippen LogP contribution < -0.4 is 0 Å². The quantitative estimate of drug-likeness (QED) is 0.637. The van der Waals surface area contributed by atoms with E-state index in [1.807, 2.05) is 6.92 Å². The van der Waals surface area contributed by atoms with Gasteiger partial charge < -0.3 is 9.30 Å². The third-order valence-corrected chi connectivity index (χ3v) is 2.35. The zero-order valence-electron chi connectivity index (χ0n) is 9.38. The second-order valence-corrected chi connectivity index (χ2v) is 3.90. The molecule has 1 heterocycles. The summed E-state index contributed by atoms with van der Waals surface area (Å²) in [5, 5.41) is 6.62. The van der Waals surface area contributed by atoms with Crippen molar-refractivity contribution in [2.45, 2.75) is 32.5 Å². The van der Waals surface area contributed by atoms with E-state index in [4.69, 9.17) is 12.2 Å². The molecule has 0 fully saturated rings. The van der Waals surface area contributed by atoms with Gasteiger partial charge in [-0.15, -0.1) is 0 Å². The molecule has 0 atom stereocenters. The maximum atomic E-state index is 11.8. The lowest BCUT2D eigenvalue weighted by Crippen LogP contribution is -2.19. The molecule has 0 saturated heterocycles. The van der Waals surface area contributed by atoms with Gasteiger partial charge in [-0.2, -0.15) is 18.3 Å². The molecule has 0 aliphatic rings. The van der Waals surface area contributed by atoms with Gasteiger partial charge in [0, 0.05) is 6.42 Å². The van der Waals surface area contributed by atoms with E-state index >= 15 is 0 Å². The first-order chi connectivity index (χ1) is 7.94. The van der Waals surface area contributed by atoms with E-state index < -0.39 is 12.8 Å². The van der Waals surface area contributed by atoms with E-state index in [9.17, 15) is 13.2 Å². The van der Waals surface area contributed by atoms with Gasteiger partial charge >= 0.3 is 6.18 Å². The molecule has 17 heavy (non-hydrogen) atoms. The summed E-state index contributed by atoms with van der Waals surface area (Å²) in [6.45, 7) is 0.994. The highest BCUT2D eigenvalue weighted by atomic mass is 32.1. The summed E-state index contributed by atoms with van der Waals surface area (Å²) in [5.74, 6) is 0.744. The molecule has 1 rings (SSSR count). The average Bonchev–Trinajstić information content (AvgIpc) is 2.55. The maximum absolute atomic E-state index is 11.8. The number of nitrogens with one attached hydrogen (secondary N) is 1. The number of nitrogens with zero attached hydrogens (tertiary/aromatic N) is 2. The van der Waals surface area contributed by atoms with Crippen LogP contribution in [0.25, 0.3) is 0 Å². The standard InChI is InChI=1S/C9H14F3N3OS/c1-2-3-7-13-14-8(17)15(7)4-5-16-6-9(10,11)12/h2-6H2,1H3,(H,14,17). The van der Waals surface area contributed by atoms with E-state index in [1.54, 1.807) is 4.57 Å². The van der Waals surface area contributed by atoms with E-state index in [2.05, 4.69) is 14.9 Å². The van der Waals surface area contributed by atoms with Gasteiger partial charge in [-0.25, -0.2) is 0 Å². The highest BCUT2D eigenvalue weighted by Crippen LogP contribution is 2.14. The number of rotatable bonds is 6. The molecule has 8 heteroatoms. The first-order valence-corrected chi connectivity index (χ1v) is 5.63. The number of aromatic nitrogens is 3. The van der Waals surface area contributed by atoms with Crippen LogP contribution in [-0.2, 0) is 17.7 Å². The van der Waals surface area contributed by atoms with Crippen molar-refractivity contribution >= 4 is 12.2 Å². The molecule has 0 radical (unpaired) electrons. The average molecular weight is 269 g/mol. The Hall–Kier alpha value is -0.890. The van der Waals surface area contributed by atoms with Crippen molar-refractivity contribution in [3.05, 3.63) is 10.6 Å². The first-order valence-electron chi connectivity index (χ1n) is 5.22. The van der Waals surface area contributed by atoms with Crippen molar-refractivity contribution in [1.29, 1.82) is 0 Å². The number of H-pyrrole nitrogens is 1. The Balaban J connectivity index is 2.46. The minimum absolute atomic E-state index is 0.0376. The smallest absolute Gasteiger partial charge is 0.370 e. The fourth-order valence-corrected chi connectivity index (χ4v) is 1.58. The molecule has 98 valence electrons. The molecule has 0 spiro atoms. The normalized spacial score (nSPS) is 12.0. The highest BCUT2D eigenvalue weighted by Gasteiger charge is 2.27. The van der Waals surface area contributed by atoms with Crippen LogP contribution >= 0.6 is 12.2 Å². The predicted molar refractivity (Wildman–Crippen MR) is 58.3 cm³/mol. The van der Waals surface area contributed by atoms with Crippen molar-refractivity contribution in [2.75, 3.05) is 13.2 Å². The van der Waals surface area contributed by atoms with Crippen LogP contribution in [0.5, 0.6) is 0 Å². The monoisotopic (exact) mass is 269 g/mol. The van der Waals surface area contributed by atoms with Gasteiger partial charge in [0.25, 0.3) is 0 Å². The van der Waals surface area contributed by atoms with Gasteiger partial charge in [-0.1, -0.05) is 6.92 Å². The van der Waals surface area contributed by atoms with Gasteiger partial charge in [-0.05, 0) is 18.6 Å². The molecule has 0 amide bonds. The topological polar surface area (TPSA) is 42.8 Å². The zero-order valence-corrected chi connectivity index (χ0v) is 10.2. The molecule has 0 unspecified atom stereocenters. The van der Waals surface area contributed by atoms with Crippen molar-refractivity contribution < 1.29 is 17.9 Å². The van der Waals surface area contributed by atoms with Crippen LogP contribution in [0.4, 0.5) is 13.2 Å². The highest BCUT2D eigenvalue weighted by molar-refractivity contribution is 7.71. The lowest BCUT2D eigenvalue weighted by molar-refractivity contribution is -0.174. The zero-order chi connectivity index (χ0) is 12.9. The summed E-state index contributed by atoms with van der Waals surface area (Å²) in [5.41, 5.74) is 0. The fraction of sp³-hybridized carbons (Fsp3) is 0.778. The summed E-state index contributed by atoms with van der Waals surface area (Å²) in [7, 11) is 0. The Morgan fingerprint density at radius 1 is 1.47 bits per heavy atom. The van der Waals surface area contributed by atoms with Gasteiger partial charge in [0.2, 0.25) is 0 Å². The Bertz CT molecular complexity index is 399. The summed E-state index contributed by atoms with van der Waals surface area (Å²) in [6.07, 6.45) is -2.67. The van der Waals surface area contributed by atoms with E-state index in [-0.39, 0.29) is 13.2 Å². The van der Waals surface area contributed by atoms with Crippen LogP contribution in [-0.4, -0.2) is 34.2 Å². The van der Waals surface area contributed by atoms with Crippen LogP contribution in [0.2, 0.25) is 0 Å². The fourth-order valence-electron chi connectivity index (χ4n) is 1.34. The number of hydrogen-bond donors (Lipinski definition) is 1. The van der Waals surface area contributed by atoms with Crippen molar-refractivity contribution in [2.24, 2.45) is 0 Å².